The fourth-order valence-electron chi connectivity index (χ4n) is 3.27. The zero-order valence-electron chi connectivity index (χ0n) is 13.1. The number of benzene rings is 1. The highest BCUT2D eigenvalue weighted by atomic mass is 79.9. The lowest BCUT2D eigenvalue weighted by molar-refractivity contribution is -0.137. The van der Waals surface area contributed by atoms with Gasteiger partial charge in [-0.2, -0.15) is 0 Å². The molecule has 1 heterocycles. The predicted molar refractivity (Wildman–Crippen MR) is 94.6 cm³/mol. The van der Waals surface area contributed by atoms with Crippen molar-refractivity contribution in [2.75, 3.05) is 19.4 Å². The maximum absolute atomic E-state index is 12.9. The van der Waals surface area contributed by atoms with Crippen molar-refractivity contribution in [1.82, 2.24) is 4.90 Å². The molecule has 0 N–H and O–H groups in total. The third-order valence-electron chi connectivity index (χ3n) is 4.52. The standard InChI is InChI=1S/C17H20BrNO3S/c1-22-15-7-4-12(18)10-14(15)17-19(8-9-23-17)16(21)11-2-5-13(20)6-3-11/h4,7,10-11,17H,2-3,5-6,8-9H2,1H3. The first-order chi connectivity index (χ1) is 11.1. The number of nitrogens with zero attached hydrogens (tertiary/aromatic N) is 1. The minimum Gasteiger partial charge on any atom is -0.496 e. The zero-order chi connectivity index (χ0) is 16.4. The van der Waals surface area contributed by atoms with E-state index in [0.29, 0.717) is 25.7 Å². The first-order valence-electron chi connectivity index (χ1n) is 7.87. The van der Waals surface area contributed by atoms with Gasteiger partial charge in [0.2, 0.25) is 5.91 Å². The van der Waals surface area contributed by atoms with Crippen LogP contribution in [0.1, 0.15) is 36.6 Å². The van der Waals surface area contributed by atoms with Crippen molar-refractivity contribution in [2.45, 2.75) is 31.1 Å². The van der Waals surface area contributed by atoms with E-state index in [2.05, 4.69) is 15.9 Å². The monoisotopic (exact) mass is 397 g/mol. The van der Waals surface area contributed by atoms with E-state index < -0.39 is 0 Å². The number of hydrogen-bond acceptors (Lipinski definition) is 4. The Hall–Kier alpha value is -1.01. The molecule has 23 heavy (non-hydrogen) atoms. The summed E-state index contributed by atoms with van der Waals surface area (Å²) in [6.07, 6.45) is 2.48. The summed E-state index contributed by atoms with van der Waals surface area (Å²) in [7, 11) is 1.66. The number of ether oxygens (including phenoxy) is 1. The van der Waals surface area contributed by atoms with E-state index in [9.17, 15) is 9.59 Å². The molecule has 1 saturated carbocycles. The molecule has 3 rings (SSSR count). The van der Waals surface area contributed by atoms with Crippen molar-refractivity contribution < 1.29 is 14.3 Å². The van der Waals surface area contributed by atoms with Crippen molar-refractivity contribution >= 4 is 39.4 Å². The summed E-state index contributed by atoms with van der Waals surface area (Å²) in [6, 6.07) is 5.91. The quantitative estimate of drug-likeness (QED) is 0.777. The van der Waals surface area contributed by atoms with Crippen LogP contribution >= 0.6 is 27.7 Å². The van der Waals surface area contributed by atoms with Crippen molar-refractivity contribution in [3.05, 3.63) is 28.2 Å². The smallest absolute Gasteiger partial charge is 0.226 e. The first-order valence-corrected chi connectivity index (χ1v) is 9.71. The number of thioether (sulfide) groups is 1. The minimum atomic E-state index is -0.00736. The molecule has 124 valence electrons. The van der Waals surface area contributed by atoms with E-state index >= 15 is 0 Å². The number of halogens is 1. The van der Waals surface area contributed by atoms with E-state index in [1.165, 1.54) is 0 Å². The Labute approximate surface area is 149 Å². The molecule has 2 aliphatic rings. The molecule has 0 spiro atoms. The molecule has 0 aromatic heterocycles. The minimum absolute atomic E-state index is 0.00687. The average Bonchev–Trinajstić information content (AvgIpc) is 3.04. The molecule has 1 aliphatic heterocycles. The van der Waals surface area contributed by atoms with Crippen LogP contribution < -0.4 is 4.74 Å². The third-order valence-corrected chi connectivity index (χ3v) is 6.26. The van der Waals surface area contributed by atoms with E-state index in [1.54, 1.807) is 18.9 Å². The third kappa shape index (κ3) is 3.58. The molecule has 0 bridgehead atoms. The molecule has 1 aromatic carbocycles. The SMILES string of the molecule is COc1ccc(Br)cc1C1SCCN1C(=O)C1CCC(=O)CC1. The van der Waals surface area contributed by atoms with Crippen LogP contribution in [0.15, 0.2) is 22.7 Å². The van der Waals surface area contributed by atoms with E-state index in [-0.39, 0.29) is 23.0 Å². The first kappa shape index (κ1) is 16.8. The molecule has 1 aromatic rings. The maximum atomic E-state index is 12.9. The Morgan fingerprint density at radius 2 is 2.09 bits per heavy atom. The van der Waals surface area contributed by atoms with Gasteiger partial charge in [0.1, 0.15) is 16.9 Å². The molecule has 1 atom stereocenters. The predicted octanol–water partition coefficient (Wildman–Crippen LogP) is 3.79. The highest BCUT2D eigenvalue weighted by molar-refractivity contribution is 9.10. The van der Waals surface area contributed by atoms with Gasteiger partial charge in [-0.3, -0.25) is 9.59 Å². The second-order valence-electron chi connectivity index (χ2n) is 5.95. The Morgan fingerprint density at radius 3 is 2.78 bits per heavy atom. The molecule has 1 aliphatic carbocycles. The number of ketones is 1. The van der Waals surface area contributed by atoms with Crippen LogP contribution in [-0.4, -0.2) is 36.0 Å². The summed E-state index contributed by atoms with van der Waals surface area (Å²) < 4.78 is 6.47. The second kappa shape index (κ2) is 7.26. The van der Waals surface area contributed by atoms with Crippen molar-refractivity contribution in [3.8, 4) is 5.75 Å². The molecule has 4 nitrogen and oxygen atoms in total. The summed E-state index contributed by atoms with van der Waals surface area (Å²) in [4.78, 5) is 26.3. The van der Waals surface area contributed by atoms with Crippen LogP contribution in [0.25, 0.3) is 0 Å². The van der Waals surface area contributed by atoms with Gasteiger partial charge in [0.05, 0.1) is 7.11 Å². The lowest BCUT2D eigenvalue weighted by Crippen LogP contribution is -2.37. The number of amides is 1. The van der Waals surface area contributed by atoms with Gasteiger partial charge in [-0.25, -0.2) is 0 Å². The summed E-state index contributed by atoms with van der Waals surface area (Å²) >= 11 is 5.28. The van der Waals surface area contributed by atoms with Crippen LogP contribution in [0.3, 0.4) is 0 Å². The summed E-state index contributed by atoms with van der Waals surface area (Å²) in [5, 5.41) is -0.00687. The van der Waals surface area contributed by atoms with Gasteiger partial charge >= 0.3 is 0 Å². The highest BCUT2D eigenvalue weighted by Gasteiger charge is 2.37. The molecule has 1 saturated heterocycles. The fraction of sp³-hybridized carbons (Fsp3) is 0.529. The molecule has 2 fully saturated rings. The average molecular weight is 398 g/mol. The number of hydrogen-bond donors (Lipinski definition) is 0. The maximum Gasteiger partial charge on any atom is 0.226 e. The Balaban J connectivity index is 1.81. The van der Waals surface area contributed by atoms with Crippen LogP contribution in [0, 0.1) is 5.92 Å². The van der Waals surface area contributed by atoms with Gasteiger partial charge in [0.15, 0.2) is 0 Å². The van der Waals surface area contributed by atoms with Gasteiger partial charge in [-0.05, 0) is 31.0 Å². The molecular weight excluding hydrogens is 378 g/mol. The topological polar surface area (TPSA) is 46.6 Å². The molecular formula is C17H20BrNO3S. The number of methoxy groups -OCH3 is 1. The van der Waals surface area contributed by atoms with Gasteiger partial charge in [-0.15, -0.1) is 11.8 Å². The van der Waals surface area contributed by atoms with E-state index in [0.717, 1.165) is 28.1 Å². The van der Waals surface area contributed by atoms with Crippen LogP contribution in [0.2, 0.25) is 0 Å². The van der Waals surface area contributed by atoms with Gasteiger partial charge in [0.25, 0.3) is 0 Å². The van der Waals surface area contributed by atoms with E-state index in [4.69, 9.17) is 4.74 Å². The molecule has 0 radical (unpaired) electrons. The summed E-state index contributed by atoms with van der Waals surface area (Å²) in [5.41, 5.74) is 1.03. The zero-order valence-corrected chi connectivity index (χ0v) is 15.5. The lowest BCUT2D eigenvalue weighted by Gasteiger charge is -2.30. The highest BCUT2D eigenvalue weighted by Crippen LogP contribution is 2.44. The van der Waals surface area contributed by atoms with Gasteiger partial charge < -0.3 is 9.64 Å². The number of Topliss-reactive ketones (excluding diaryl/α,β-unsaturated/α-hetero) is 1. The second-order valence-corrected chi connectivity index (χ2v) is 8.06. The van der Waals surface area contributed by atoms with Crippen LogP contribution in [0.4, 0.5) is 0 Å². The Bertz CT molecular complexity index is 612. The Kier molecular flexibility index (Phi) is 5.31. The van der Waals surface area contributed by atoms with Crippen molar-refractivity contribution in [1.29, 1.82) is 0 Å². The van der Waals surface area contributed by atoms with Crippen LogP contribution in [0.5, 0.6) is 5.75 Å². The number of carbonyl (C=O) groups excluding carboxylic acids is 2. The Morgan fingerprint density at radius 1 is 1.35 bits per heavy atom. The summed E-state index contributed by atoms with van der Waals surface area (Å²) in [6.45, 7) is 0.758. The van der Waals surface area contributed by atoms with Gasteiger partial charge in [0, 0.05) is 41.1 Å². The fourth-order valence-corrected chi connectivity index (χ4v) is 4.93. The molecule has 1 unspecified atom stereocenters. The molecule has 6 heteroatoms. The number of rotatable bonds is 3. The van der Waals surface area contributed by atoms with Crippen molar-refractivity contribution in [2.24, 2.45) is 5.92 Å². The van der Waals surface area contributed by atoms with Crippen LogP contribution in [-0.2, 0) is 9.59 Å². The molecule has 1 amide bonds. The number of carbonyl (C=O) groups is 2. The summed E-state index contributed by atoms with van der Waals surface area (Å²) in [5.74, 6) is 2.21. The van der Waals surface area contributed by atoms with Crippen molar-refractivity contribution in [3.63, 3.8) is 0 Å². The normalized spacial score (nSPS) is 22.4. The lowest BCUT2D eigenvalue weighted by atomic mass is 9.87. The largest absolute Gasteiger partial charge is 0.496 e. The van der Waals surface area contributed by atoms with Gasteiger partial charge in [-0.1, -0.05) is 15.9 Å². The van der Waals surface area contributed by atoms with E-state index in [1.807, 2.05) is 23.1 Å².